The molecule has 0 aliphatic heterocycles. The Hall–Kier alpha value is -2.05. The number of rotatable bonds is 4. The molecule has 0 saturated heterocycles. The number of hydrogen-bond donors (Lipinski definition) is 2. The molecule has 104 valence electrons. The van der Waals surface area contributed by atoms with Gasteiger partial charge in [0.05, 0.1) is 11.1 Å². The number of carbonyl (C=O) groups is 2. The van der Waals surface area contributed by atoms with E-state index >= 15 is 0 Å². The summed E-state index contributed by atoms with van der Waals surface area (Å²) in [6.07, 6.45) is -4.59. The van der Waals surface area contributed by atoms with Crippen LogP contribution in [0.4, 0.5) is 13.2 Å². The molecule has 0 saturated carbocycles. The smallest absolute Gasteiger partial charge is 0.417 e. The number of alkyl halides is 3. The minimum absolute atomic E-state index is 0.0786. The number of halogens is 3. The van der Waals surface area contributed by atoms with Gasteiger partial charge in [0.15, 0.2) is 0 Å². The lowest BCUT2D eigenvalue weighted by molar-refractivity contribution is -0.139. The molecule has 7 heteroatoms. The largest absolute Gasteiger partial charge is 0.480 e. The highest BCUT2D eigenvalue weighted by Gasteiger charge is 2.35. The van der Waals surface area contributed by atoms with E-state index in [0.29, 0.717) is 0 Å². The Balaban J connectivity index is 3.04. The van der Waals surface area contributed by atoms with Crippen LogP contribution in [0.1, 0.15) is 29.3 Å². The SMILES string of the molecule is CC[C@H](NC(=O)c1ccccc1C(F)(F)F)C(=O)O. The fourth-order valence-corrected chi connectivity index (χ4v) is 1.50. The maximum absolute atomic E-state index is 12.7. The second kappa shape index (κ2) is 5.73. The van der Waals surface area contributed by atoms with Gasteiger partial charge in [0, 0.05) is 0 Å². The zero-order valence-electron chi connectivity index (χ0n) is 9.99. The summed E-state index contributed by atoms with van der Waals surface area (Å²) < 4.78 is 38.1. The van der Waals surface area contributed by atoms with E-state index in [9.17, 15) is 22.8 Å². The van der Waals surface area contributed by atoms with E-state index in [1.165, 1.54) is 13.0 Å². The van der Waals surface area contributed by atoms with Crippen LogP contribution < -0.4 is 5.32 Å². The standard InChI is InChI=1S/C12H12F3NO3/c1-2-9(11(18)19)16-10(17)7-5-3-4-6-8(7)12(13,14)15/h3-6,9H,2H2,1H3,(H,16,17)(H,18,19)/t9-/m0/s1. The zero-order valence-corrected chi connectivity index (χ0v) is 9.99. The highest BCUT2D eigenvalue weighted by molar-refractivity contribution is 5.98. The lowest BCUT2D eigenvalue weighted by Crippen LogP contribution is -2.40. The lowest BCUT2D eigenvalue weighted by atomic mass is 10.1. The number of nitrogens with one attached hydrogen (secondary N) is 1. The highest BCUT2D eigenvalue weighted by atomic mass is 19.4. The number of carboxylic acid groups (broad SMARTS) is 1. The number of benzene rings is 1. The molecule has 0 spiro atoms. The van der Waals surface area contributed by atoms with E-state index in [-0.39, 0.29) is 6.42 Å². The first kappa shape index (κ1) is 15.0. The molecule has 2 N–H and O–H groups in total. The molecule has 19 heavy (non-hydrogen) atoms. The Labute approximate surface area is 107 Å². The molecule has 0 aliphatic rings. The monoisotopic (exact) mass is 275 g/mol. The van der Waals surface area contributed by atoms with Crippen molar-refractivity contribution in [1.82, 2.24) is 5.32 Å². The second-order valence-corrected chi connectivity index (χ2v) is 3.82. The normalized spacial score (nSPS) is 12.8. The molecular weight excluding hydrogens is 263 g/mol. The van der Waals surface area contributed by atoms with E-state index in [4.69, 9.17) is 5.11 Å². The Morgan fingerprint density at radius 3 is 2.37 bits per heavy atom. The summed E-state index contributed by atoms with van der Waals surface area (Å²) in [5.74, 6) is -2.34. The van der Waals surface area contributed by atoms with Crippen LogP contribution in [-0.2, 0) is 11.0 Å². The molecule has 0 fully saturated rings. The van der Waals surface area contributed by atoms with Crippen molar-refractivity contribution in [3.05, 3.63) is 35.4 Å². The minimum Gasteiger partial charge on any atom is -0.480 e. The molecule has 1 amide bonds. The van der Waals surface area contributed by atoms with Crippen LogP contribution in [0.15, 0.2) is 24.3 Å². The van der Waals surface area contributed by atoms with Gasteiger partial charge in [0.1, 0.15) is 6.04 Å². The molecule has 1 atom stereocenters. The topological polar surface area (TPSA) is 66.4 Å². The Morgan fingerprint density at radius 2 is 1.89 bits per heavy atom. The van der Waals surface area contributed by atoms with Gasteiger partial charge in [-0.2, -0.15) is 13.2 Å². The second-order valence-electron chi connectivity index (χ2n) is 3.82. The van der Waals surface area contributed by atoms with Crippen LogP contribution in [0, 0.1) is 0 Å². The first-order valence-electron chi connectivity index (χ1n) is 5.47. The Kier molecular flexibility index (Phi) is 4.52. The van der Waals surface area contributed by atoms with Gasteiger partial charge in [-0.15, -0.1) is 0 Å². The number of aliphatic carboxylic acids is 1. The predicted octanol–water partition coefficient (Wildman–Crippen LogP) is 2.30. The van der Waals surface area contributed by atoms with E-state index in [1.807, 2.05) is 0 Å². The number of carbonyl (C=O) groups excluding carboxylic acids is 1. The van der Waals surface area contributed by atoms with Crippen molar-refractivity contribution >= 4 is 11.9 Å². The van der Waals surface area contributed by atoms with Gasteiger partial charge in [0.2, 0.25) is 0 Å². The van der Waals surface area contributed by atoms with Crippen molar-refractivity contribution in [2.75, 3.05) is 0 Å². The van der Waals surface area contributed by atoms with Crippen LogP contribution in [0.3, 0.4) is 0 Å². The lowest BCUT2D eigenvalue weighted by Gasteiger charge is -2.15. The molecule has 0 heterocycles. The van der Waals surface area contributed by atoms with E-state index < -0.39 is 35.2 Å². The number of amides is 1. The molecule has 0 radical (unpaired) electrons. The van der Waals surface area contributed by atoms with Crippen molar-refractivity contribution in [1.29, 1.82) is 0 Å². The fraction of sp³-hybridized carbons (Fsp3) is 0.333. The summed E-state index contributed by atoms with van der Waals surface area (Å²) in [5, 5.41) is 10.8. The average Bonchev–Trinajstić information content (AvgIpc) is 2.34. The summed E-state index contributed by atoms with van der Waals surface area (Å²) in [7, 11) is 0. The molecule has 4 nitrogen and oxygen atoms in total. The van der Waals surface area contributed by atoms with Crippen LogP contribution in [0.2, 0.25) is 0 Å². The van der Waals surface area contributed by atoms with E-state index in [0.717, 1.165) is 18.2 Å². The number of carboxylic acids is 1. The first-order chi connectivity index (χ1) is 8.77. The Morgan fingerprint density at radius 1 is 1.32 bits per heavy atom. The summed E-state index contributed by atoms with van der Waals surface area (Å²) in [4.78, 5) is 22.5. The van der Waals surface area contributed by atoms with E-state index in [2.05, 4.69) is 5.32 Å². The van der Waals surface area contributed by atoms with Crippen LogP contribution in [0.25, 0.3) is 0 Å². The van der Waals surface area contributed by atoms with E-state index in [1.54, 1.807) is 0 Å². The van der Waals surface area contributed by atoms with Gasteiger partial charge < -0.3 is 10.4 Å². The Bertz CT molecular complexity index is 485. The molecular formula is C12H12F3NO3. The third-order valence-electron chi connectivity index (χ3n) is 2.49. The maximum atomic E-state index is 12.7. The molecule has 0 unspecified atom stereocenters. The molecule has 1 aromatic rings. The third-order valence-corrected chi connectivity index (χ3v) is 2.49. The highest BCUT2D eigenvalue weighted by Crippen LogP contribution is 2.31. The number of hydrogen-bond acceptors (Lipinski definition) is 2. The van der Waals surface area contributed by atoms with Gasteiger partial charge in [-0.05, 0) is 18.6 Å². The third kappa shape index (κ3) is 3.70. The molecule has 0 bridgehead atoms. The van der Waals surface area contributed by atoms with Gasteiger partial charge in [-0.3, -0.25) is 4.79 Å². The van der Waals surface area contributed by atoms with Crippen molar-refractivity contribution in [2.45, 2.75) is 25.6 Å². The van der Waals surface area contributed by atoms with Crippen molar-refractivity contribution in [2.24, 2.45) is 0 Å². The summed E-state index contributed by atoms with van der Waals surface area (Å²) >= 11 is 0. The summed E-state index contributed by atoms with van der Waals surface area (Å²) in [5.41, 5.74) is -1.68. The van der Waals surface area contributed by atoms with Crippen LogP contribution in [0.5, 0.6) is 0 Å². The van der Waals surface area contributed by atoms with Gasteiger partial charge >= 0.3 is 12.1 Å². The zero-order chi connectivity index (χ0) is 14.6. The van der Waals surface area contributed by atoms with Crippen molar-refractivity contribution in [3.63, 3.8) is 0 Å². The molecule has 0 aromatic heterocycles. The van der Waals surface area contributed by atoms with Crippen LogP contribution >= 0.6 is 0 Å². The van der Waals surface area contributed by atoms with Crippen LogP contribution in [-0.4, -0.2) is 23.0 Å². The quantitative estimate of drug-likeness (QED) is 0.886. The molecule has 1 aromatic carbocycles. The molecule has 1 rings (SSSR count). The summed E-state index contributed by atoms with van der Waals surface area (Å²) in [6.45, 7) is 1.51. The predicted molar refractivity (Wildman–Crippen MR) is 60.6 cm³/mol. The average molecular weight is 275 g/mol. The van der Waals surface area contributed by atoms with Crippen molar-refractivity contribution in [3.8, 4) is 0 Å². The first-order valence-corrected chi connectivity index (χ1v) is 5.47. The minimum atomic E-state index is -4.67. The van der Waals surface area contributed by atoms with Gasteiger partial charge in [-0.25, -0.2) is 4.79 Å². The van der Waals surface area contributed by atoms with Gasteiger partial charge in [-0.1, -0.05) is 19.1 Å². The maximum Gasteiger partial charge on any atom is 0.417 e. The fourth-order valence-electron chi connectivity index (χ4n) is 1.50. The summed E-state index contributed by atoms with van der Waals surface area (Å²) in [6, 6.07) is 3.01. The van der Waals surface area contributed by atoms with Crippen molar-refractivity contribution < 1.29 is 27.9 Å². The molecule has 0 aliphatic carbocycles. The van der Waals surface area contributed by atoms with Gasteiger partial charge in [0.25, 0.3) is 5.91 Å².